The number of nitrogens with zero attached hydrogens (tertiary/aromatic N) is 2. The van der Waals surface area contributed by atoms with Crippen LogP contribution in [0.15, 0.2) is 79.0 Å². The standard InChI is InChI=1S/C24H21N3O2/c1-27-21(20-11-12-22-23(13-20)29-16-28-22)15-26-24(27)25-14-17-7-9-19(10-8-17)18-5-3-2-4-6-18/h2-13,15H,14,16H2,1H3,(H,25,26). The molecular formula is C24H21N3O2. The van der Waals surface area contributed by atoms with Gasteiger partial charge >= 0.3 is 0 Å². The summed E-state index contributed by atoms with van der Waals surface area (Å²) in [5.74, 6) is 2.38. The van der Waals surface area contributed by atoms with Crippen LogP contribution in [0.1, 0.15) is 5.56 Å². The summed E-state index contributed by atoms with van der Waals surface area (Å²) in [5.41, 5.74) is 5.72. The molecule has 0 spiro atoms. The van der Waals surface area contributed by atoms with E-state index >= 15 is 0 Å². The zero-order valence-corrected chi connectivity index (χ0v) is 16.1. The first-order valence-electron chi connectivity index (χ1n) is 9.58. The van der Waals surface area contributed by atoms with Gasteiger partial charge in [-0.25, -0.2) is 4.98 Å². The molecule has 1 aliphatic rings. The highest BCUT2D eigenvalue weighted by Crippen LogP contribution is 2.36. The van der Waals surface area contributed by atoms with Gasteiger partial charge < -0.3 is 19.4 Å². The third kappa shape index (κ3) is 3.43. The van der Waals surface area contributed by atoms with Gasteiger partial charge in [0.05, 0.1) is 11.9 Å². The van der Waals surface area contributed by atoms with Crippen molar-refractivity contribution in [1.82, 2.24) is 9.55 Å². The number of hydrogen-bond acceptors (Lipinski definition) is 4. The van der Waals surface area contributed by atoms with Crippen LogP contribution in [0.5, 0.6) is 11.5 Å². The van der Waals surface area contributed by atoms with E-state index in [1.165, 1.54) is 16.7 Å². The summed E-state index contributed by atoms with van der Waals surface area (Å²) >= 11 is 0. The van der Waals surface area contributed by atoms with E-state index in [1.54, 1.807) is 0 Å². The molecule has 5 nitrogen and oxygen atoms in total. The first-order chi connectivity index (χ1) is 14.3. The van der Waals surface area contributed by atoms with Gasteiger partial charge in [-0.1, -0.05) is 54.6 Å². The Kier molecular flexibility index (Phi) is 4.41. The monoisotopic (exact) mass is 383 g/mol. The van der Waals surface area contributed by atoms with Crippen LogP contribution in [0.25, 0.3) is 22.4 Å². The van der Waals surface area contributed by atoms with E-state index in [0.717, 1.165) is 28.7 Å². The lowest BCUT2D eigenvalue weighted by molar-refractivity contribution is 0.174. The van der Waals surface area contributed by atoms with Gasteiger partial charge in [-0.3, -0.25) is 0 Å². The third-order valence-electron chi connectivity index (χ3n) is 5.17. The number of nitrogens with one attached hydrogen (secondary N) is 1. The number of anilines is 1. The van der Waals surface area contributed by atoms with Gasteiger partial charge in [-0.2, -0.15) is 0 Å². The van der Waals surface area contributed by atoms with Crippen LogP contribution in [0.2, 0.25) is 0 Å². The van der Waals surface area contributed by atoms with Gasteiger partial charge in [0.15, 0.2) is 11.5 Å². The van der Waals surface area contributed by atoms with E-state index in [4.69, 9.17) is 9.47 Å². The number of fused-ring (bicyclic) bond motifs is 1. The third-order valence-corrected chi connectivity index (χ3v) is 5.17. The van der Waals surface area contributed by atoms with Gasteiger partial charge in [0, 0.05) is 19.2 Å². The van der Waals surface area contributed by atoms with Crippen LogP contribution >= 0.6 is 0 Å². The lowest BCUT2D eigenvalue weighted by atomic mass is 10.0. The Morgan fingerprint density at radius 3 is 2.41 bits per heavy atom. The molecule has 4 aromatic rings. The first kappa shape index (κ1) is 17.4. The molecule has 5 rings (SSSR count). The molecule has 0 radical (unpaired) electrons. The van der Waals surface area contributed by atoms with Crippen LogP contribution in [0.3, 0.4) is 0 Å². The van der Waals surface area contributed by atoms with Crippen molar-refractivity contribution in [2.75, 3.05) is 12.1 Å². The van der Waals surface area contributed by atoms with E-state index < -0.39 is 0 Å². The fourth-order valence-electron chi connectivity index (χ4n) is 3.52. The second-order valence-corrected chi connectivity index (χ2v) is 7.01. The lowest BCUT2D eigenvalue weighted by Crippen LogP contribution is -2.05. The maximum Gasteiger partial charge on any atom is 0.231 e. The Labute approximate surface area is 169 Å². The van der Waals surface area contributed by atoms with Crippen molar-refractivity contribution >= 4 is 5.95 Å². The normalized spacial score (nSPS) is 12.2. The molecule has 0 bridgehead atoms. The zero-order chi connectivity index (χ0) is 19.6. The minimum atomic E-state index is 0.278. The van der Waals surface area contributed by atoms with Crippen LogP contribution in [-0.4, -0.2) is 16.3 Å². The highest BCUT2D eigenvalue weighted by Gasteiger charge is 2.16. The Balaban J connectivity index is 1.29. The molecule has 0 atom stereocenters. The van der Waals surface area contributed by atoms with Gasteiger partial charge in [-0.05, 0) is 34.9 Å². The minimum Gasteiger partial charge on any atom is -0.454 e. The topological polar surface area (TPSA) is 48.3 Å². The Morgan fingerprint density at radius 2 is 1.59 bits per heavy atom. The van der Waals surface area contributed by atoms with Crippen molar-refractivity contribution in [3.8, 4) is 33.9 Å². The molecule has 1 N–H and O–H groups in total. The summed E-state index contributed by atoms with van der Waals surface area (Å²) in [6.45, 7) is 0.987. The predicted molar refractivity (Wildman–Crippen MR) is 114 cm³/mol. The second-order valence-electron chi connectivity index (χ2n) is 7.01. The maximum atomic E-state index is 5.49. The van der Waals surface area contributed by atoms with Crippen LogP contribution in [0.4, 0.5) is 5.95 Å². The molecule has 0 amide bonds. The van der Waals surface area contributed by atoms with Crippen LogP contribution < -0.4 is 14.8 Å². The Morgan fingerprint density at radius 1 is 0.862 bits per heavy atom. The highest BCUT2D eigenvalue weighted by atomic mass is 16.7. The Hall–Kier alpha value is -3.73. The second kappa shape index (κ2) is 7.36. The summed E-state index contributed by atoms with van der Waals surface area (Å²) in [4.78, 5) is 4.55. The molecule has 0 saturated heterocycles. The van der Waals surface area contributed by atoms with Gasteiger partial charge in [0.1, 0.15) is 0 Å². The van der Waals surface area contributed by atoms with Gasteiger partial charge in [0.2, 0.25) is 12.7 Å². The molecule has 0 fully saturated rings. The summed E-state index contributed by atoms with van der Waals surface area (Å²) in [6, 6.07) is 25.0. The highest BCUT2D eigenvalue weighted by molar-refractivity contribution is 5.66. The van der Waals surface area contributed by atoms with E-state index in [9.17, 15) is 0 Å². The van der Waals surface area contributed by atoms with Crippen molar-refractivity contribution < 1.29 is 9.47 Å². The van der Waals surface area contributed by atoms with Gasteiger partial charge in [0.25, 0.3) is 0 Å². The average Bonchev–Trinajstić information content (AvgIpc) is 3.39. The quantitative estimate of drug-likeness (QED) is 0.521. The smallest absolute Gasteiger partial charge is 0.231 e. The number of benzene rings is 3. The maximum absolute atomic E-state index is 5.49. The summed E-state index contributed by atoms with van der Waals surface area (Å²) < 4.78 is 12.9. The largest absolute Gasteiger partial charge is 0.454 e. The summed E-state index contributed by atoms with van der Waals surface area (Å²) in [6.07, 6.45) is 1.87. The summed E-state index contributed by atoms with van der Waals surface area (Å²) in [5, 5.41) is 3.43. The predicted octanol–water partition coefficient (Wildman–Crippen LogP) is 5.09. The fourth-order valence-corrected chi connectivity index (χ4v) is 3.52. The van der Waals surface area contributed by atoms with Crippen molar-refractivity contribution in [2.45, 2.75) is 6.54 Å². The summed E-state index contributed by atoms with van der Waals surface area (Å²) in [7, 11) is 2.01. The van der Waals surface area contributed by atoms with Crippen molar-refractivity contribution in [1.29, 1.82) is 0 Å². The minimum absolute atomic E-state index is 0.278. The lowest BCUT2D eigenvalue weighted by Gasteiger charge is -2.10. The van der Waals surface area contributed by atoms with Gasteiger partial charge in [-0.15, -0.1) is 0 Å². The molecule has 0 unspecified atom stereocenters. The van der Waals surface area contributed by atoms with Crippen LogP contribution in [0, 0.1) is 0 Å². The zero-order valence-electron chi connectivity index (χ0n) is 16.1. The average molecular weight is 383 g/mol. The number of aromatic nitrogens is 2. The molecule has 144 valence electrons. The number of hydrogen-bond donors (Lipinski definition) is 1. The van der Waals surface area contributed by atoms with Crippen molar-refractivity contribution in [3.05, 3.63) is 84.6 Å². The van der Waals surface area contributed by atoms with Crippen LogP contribution in [-0.2, 0) is 13.6 Å². The number of ether oxygens (including phenoxy) is 2. The molecular weight excluding hydrogens is 362 g/mol. The molecule has 1 aliphatic heterocycles. The Bertz CT molecular complexity index is 1130. The van der Waals surface area contributed by atoms with Crippen molar-refractivity contribution in [2.24, 2.45) is 7.05 Å². The fraction of sp³-hybridized carbons (Fsp3) is 0.125. The molecule has 29 heavy (non-hydrogen) atoms. The molecule has 5 heteroatoms. The first-order valence-corrected chi connectivity index (χ1v) is 9.58. The molecule has 3 aromatic carbocycles. The van der Waals surface area contributed by atoms with E-state index in [0.29, 0.717) is 6.54 Å². The SMILES string of the molecule is Cn1c(-c2ccc3c(c2)OCO3)cnc1NCc1ccc(-c2ccccc2)cc1. The van der Waals surface area contributed by atoms with E-state index in [2.05, 4.69) is 63.4 Å². The van der Waals surface area contributed by atoms with E-state index in [1.807, 2.05) is 37.5 Å². The number of imidazole rings is 1. The molecule has 0 saturated carbocycles. The number of rotatable bonds is 5. The molecule has 0 aliphatic carbocycles. The molecule has 1 aromatic heterocycles. The van der Waals surface area contributed by atoms with Crippen molar-refractivity contribution in [3.63, 3.8) is 0 Å². The molecule has 2 heterocycles. The van der Waals surface area contributed by atoms with E-state index in [-0.39, 0.29) is 6.79 Å².